The molecule has 0 saturated carbocycles. The highest BCUT2D eigenvalue weighted by molar-refractivity contribution is 5.17. The van der Waals surface area contributed by atoms with E-state index >= 15 is 0 Å². The summed E-state index contributed by atoms with van der Waals surface area (Å²) >= 11 is 0. The van der Waals surface area contributed by atoms with E-state index in [1.165, 1.54) is 12.0 Å². The van der Waals surface area contributed by atoms with Crippen molar-refractivity contribution in [3.63, 3.8) is 0 Å². The molecule has 16 heavy (non-hydrogen) atoms. The molecule has 2 heteroatoms. The lowest BCUT2D eigenvalue weighted by Gasteiger charge is -2.14. The van der Waals surface area contributed by atoms with Crippen molar-refractivity contribution in [1.82, 2.24) is 5.32 Å². The highest BCUT2D eigenvalue weighted by Gasteiger charge is 2.02. The molecule has 0 saturated heterocycles. The van der Waals surface area contributed by atoms with Gasteiger partial charge >= 0.3 is 0 Å². The van der Waals surface area contributed by atoms with E-state index in [1.807, 2.05) is 6.07 Å². The Bertz CT molecular complexity index is 261. The first-order chi connectivity index (χ1) is 7.84. The predicted octanol–water partition coefficient (Wildman–Crippen LogP) is 3.15. The Morgan fingerprint density at radius 3 is 2.62 bits per heavy atom. The minimum absolute atomic E-state index is 0.399. The third-order valence-electron chi connectivity index (χ3n) is 2.64. The summed E-state index contributed by atoms with van der Waals surface area (Å²) in [5, 5.41) is 3.45. The number of unbranched alkanes of at least 4 members (excludes halogenated alkanes) is 1. The molecule has 1 atom stereocenters. The first-order valence-corrected chi connectivity index (χ1v) is 6.20. The highest BCUT2D eigenvalue weighted by Crippen LogP contribution is 2.10. The van der Waals surface area contributed by atoms with Gasteiger partial charge in [-0.3, -0.25) is 0 Å². The zero-order chi connectivity index (χ0) is 11.6. The van der Waals surface area contributed by atoms with Gasteiger partial charge in [0.1, 0.15) is 0 Å². The van der Waals surface area contributed by atoms with E-state index in [-0.39, 0.29) is 0 Å². The first kappa shape index (κ1) is 13.2. The summed E-state index contributed by atoms with van der Waals surface area (Å²) in [6.07, 6.45) is 2.36. The summed E-state index contributed by atoms with van der Waals surface area (Å²) in [7, 11) is 0. The average Bonchev–Trinajstić information content (AvgIpc) is 2.34. The van der Waals surface area contributed by atoms with Crippen molar-refractivity contribution < 1.29 is 4.74 Å². The van der Waals surface area contributed by atoms with Crippen molar-refractivity contribution in [3.05, 3.63) is 35.9 Å². The monoisotopic (exact) mass is 221 g/mol. The maximum atomic E-state index is 5.50. The van der Waals surface area contributed by atoms with Crippen LogP contribution in [0.25, 0.3) is 0 Å². The zero-order valence-electron chi connectivity index (χ0n) is 10.4. The molecule has 0 aliphatic carbocycles. The van der Waals surface area contributed by atoms with Gasteiger partial charge in [0.05, 0.1) is 6.61 Å². The molecule has 2 nitrogen and oxygen atoms in total. The Morgan fingerprint density at radius 1 is 1.19 bits per heavy atom. The molecule has 90 valence electrons. The van der Waals surface area contributed by atoms with Gasteiger partial charge in [-0.2, -0.15) is 0 Å². The second-order valence-corrected chi connectivity index (χ2v) is 4.05. The van der Waals surface area contributed by atoms with Gasteiger partial charge in [0.2, 0.25) is 0 Å². The van der Waals surface area contributed by atoms with Crippen LogP contribution >= 0.6 is 0 Å². The Kier molecular flexibility index (Phi) is 6.86. The first-order valence-electron chi connectivity index (χ1n) is 6.20. The SMILES string of the molecule is CCCCOCCN[C@@H](C)c1ccccc1. The molecule has 0 bridgehead atoms. The number of rotatable bonds is 8. The van der Waals surface area contributed by atoms with Crippen LogP contribution in [0.2, 0.25) is 0 Å². The molecule has 0 spiro atoms. The van der Waals surface area contributed by atoms with Crippen LogP contribution in [0.3, 0.4) is 0 Å². The predicted molar refractivity (Wildman–Crippen MR) is 68.6 cm³/mol. The Labute approximate surface area is 99.0 Å². The normalized spacial score (nSPS) is 12.6. The maximum Gasteiger partial charge on any atom is 0.0591 e. The molecule has 1 rings (SSSR count). The molecule has 1 aromatic rings. The minimum atomic E-state index is 0.399. The molecule has 0 amide bonds. The molecule has 0 aliphatic rings. The molecule has 0 aromatic heterocycles. The molecule has 0 fully saturated rings. The third kappa shape index (κ3) is 5.29. The number of hydrogen-bond donors (Lipinski definition) is 1. The molecular formula is C14H23NO. The van der Waals surface area contributed by atoms with Crippen LogP contribution < -0.4 is 5.32 Å². The van der Waals surface area contributed by atoms with Gasteiger partial charge in [-0.05, 0) is 18.9 Å². The van der Waals surface area contributed by atoms with E-state index < -0.39 is 0 Å². The van der Waals surface area contributed by atoms with Gasteiger partial charge in [-0.1, -0.05) is 43.7 Å². The fourth-order valence-corrected chi connectivity index (χ4v) is 1.56. The van der Waals surface area contributed by atoms with E-state index in [9.17, 15) is 0 Å². The third-order valence-corrected chi connectivity index (χ3v) is 2.64. The number of hydrogen-bond acceptors (Lipinski definition) is 2. The van der Waals surface area contributed by atoms with E-state index in [4.69, 9.17) is 4.74 Å². The smallest absolute Gasteiger partial charge is 0.0591 e. The van der Waals surface area contributed by atoms with Crippen LogP contribution in [-0.2, 0) is 4.74 Å². The van der Waals surface area contributed by atoms with Gasteiger partial charge < -0.3 is 10.1 Å². The number of benzene rings is 1. The standard InChI is InChI=1S/C14H23NO/c1-3-4-11-16-12-10-15-13(2)14-8-6-5-7-9-14/h5-9,13,15H,3-4,10-12H2,1-2H3/t13-/m0/s1. The largest absolute Gasteiger partial charge is 0.380 e. The second-order valence-electron chi connectivity index (χ2n) is 4.05. The topological polar surface area (TPSA) is 21.3 Å². The van der Waals surface area contributed by atoms with E-state index in [2.05, 4.69) is 43.4 Å². The highest BCUT2D eigenvalue weighted by atomic mass is 16.5. The number of ether oxygens (including phenoxy) is 1. The molecule has 0 radical (unpaired) electrons. The van der Waals surface area contributed by atoms with Gasteiger partial charge in [-0.15, -0.1) is 0 Å². The zero-order valence-corrected chi connectivity index (χ0v) is 10.4. The Hall–Kier alpha value is -0.860. The van der Waals surface area contributed by atoms with Crippen molar-refractivity contribution in [2.24, 2.45) is 0 Å². The minimum Gasteiger partial charge on any atom is -0.380 e. The Morgan fingerprint density at radius 2 is 1.94 bits per heavy atom. The molecule has 0 unspecified atom stereocenters. The van der Waals surface area contributed by atoms with Gasteiger partial charge in [0.25, 0.3) is 0 Å². The van der Waals surface area contributed by atoms with Crippen LogP contribution in [0.15, 0.2) is 30.3 Å². The quantitative estimate of drug-likeness (QED) is 0.681. The molecule has 0 heterocycles. The Balaban J connectivity index is 2.09. The second kappa shape index (κ2) is 8.31. The lowest BCUT2D eigenvalue weighted by molar-refractivity contribution is 0.131. The van der Waals surface area contributed by atoms with Crippen LogP contribution in [-0.4, -0.2) is 19.8 Å². The molecular weight excluding hydrogens is 198 g/mol. The van der Waals surface area contributed by atoms with Crippen molar-refractivity contribution in [2.75, 3.05) is 19.8 Å². The van der Waals surface area contributed by atoms with E-state index in [1.54, 1.807) is 0 Å². The molecule has 1 aromatic carbocycles. The molecule has 0 aliphatic heterocycles. The van der Waals surface area contributed by atoms with Gasteiger partial charge in [0.15, 0.2) is 0 Å². The van der Waals surface area contributed by atoms with Crippen molar-refractivity contribution in [1.29, 1.82) is 0 Å². The van der Waals surface area contributed by atoms with Crippen LogP contribution in [0.1, 0.15) is 38.3 Å². The van der Waals surface area contributed by atoms with Crippen LogP contribution in [0.5, 0.6) is 0 Å². The summed E-state index contributed by atoms with van der Waals surface area (Å²) in [5.74, 6) is 0. The van der Waals surface area contributed by atoms with Crippen LogP contribution in [0.4, 0.5) is 0 Å². The van der Waals surface area contributed by atoms with Crippen molar-refractivity contribution in [3.8, 4) is 0 Å². The lowest BCUT2D eigenvalue weighted by atomic mass is 10.1. The van der Waals surface area contributed by atoms with E-state index in [0.717, 1.165) is 26.2 Å². The summed E-state index contributed by atoms with van der Waals surface area (Å²) in [4.78, 5) is 0. The summed E-state index contributed by atoms with van der Waals surface area (Å²) < 4.78 is 5.50. The van der Waals surface area contributed by atoms with Crippen molar-refractivity contribution >= 4 is 0 Å². The van der Waals surface area contributed by atoms with Gasteiger partial charge in [0, 0.05) is 19.2 Å². The number of nitrogens with one attached hydrogen (secondary N) is 1. The maximum absolute atomic E-state index is 5.50. The van der Waals surface area contributed by atoms with Gasteiger partial charge in [-0.25, -0.2) is 0 Å². The average molecular weight is 221 g/mol. The van der Waals surface area contributed by atoms with E-state index in [0.29, 0.717) is 6.04 Å². The molecule has 1 N–H and O–H groups in total. The summed E-state index contributed by atoms with van der Waals surface area (Å²) in [6.45, 7) is 6.97. The van der Waals surface area contributed by atoms with Crippen molar-refractivity contribution in [2.45, 2.75) is 32.7 Å². The summed E-state index contributed by atoms with van der Waals surface area (Å²) in [5.41, 5.74) is 1.33. The summed E-state index contributed by atoms with van der Waals surface area (Å²) in [6, 6.07) is 10.9. The fraction of sp³-hybridized carbons (Fsp3) is 0.571. The lowest BCUT2D eigenvalue weighted by Crippen LogP contribution is -2.23. The van der Waals surface area contributed by atoms with Crippen LogP contribution in [0, 0.1) is 0 Å². The fourth-order valence-electron chi connectivity index (χ4n) is 1.56.